The average molecular weight is 395 g/mol. The summed E-state index contributed by atoms with van der Waals surface area (Å²) < 4.78 is 26.8. The highest BCUT2D eigenvalue weighted by Gasteiger charge is 2.23. The molecular formula is C19H23ClN2O3S. The van der Waals surface area contributed by atoms with Gasteiger partial charge in [-0.2, -0.15) is 4.31 Å². The van der Waals surface area contributed by atoms with E-state index in [9.17, 15) is 13.2 Å². The molecule has 0 fully saturated rings. The summed E-state index contributed by atoms with van der Waals surface area (Å²) in [5.74, 6) is -0.398. The number of halogens is 1. The molecule has 0 spiro atoms. The van der Waals surface area contributed by atoms with Crippen LogP contribution in [0.2, 0.25) is 5.02 Å². The van der Waals surface area contributed by atoms with Crippen LogP contribution in [-0.2, 0) is 10.0 Å². The molecule has 26 heavy (non-hydrogen) atoms. The maximum absolute atomic E-state index is 12.7. The fraction of sp³-hybridized carbons (Fsp3) is 0.316. The average Bonchev–Trinajstić information content (AvgIpc) is 2.58. The van der Waals surface area contributed by atoms with E-state index in [0.29, 0.717) is 34.9 Å². The van der Waals surface area contributed by atoms with Gasteiger partial charge in [0.05, 0.1) is 15.6 Å². The second-order valence-corrected chi connectivity index (χ2v) is 8.35. The first-order valence-electron chi connectivity index (χ1n) is 8.39. The van der Waals surface area contributed by atoms with Crippen molar-refractivity contribution in [1.82, 2.24) is 4.31 Å². The van der Waals surface area contributed by atoms with Gasteiger partial charge < -0.3 is 5.32 Å². The van der Waals surface area contributed by atoms with Gasteiger partial charge in [-0.3, -0.25) is 4.79 Å². The first-order valence-corrected chi connectivity index (χ1v) is 10.2. The van der Waals surface area contributed by atoms with Gasteiger partial charge in [0, 0.05) is 18.7 Å². The number of anilines is 1. The molecule has 1 N–H and O–H groups in total. The van der Waals surface area contributed by atoms with E-state index in [1.54, 1.807) is 39.0 Å². The molecule has 0 heterocycles. The molecule has 5 nitrogen and oxygen atoms in total. The smallest absolute Gasteiger partial charge is 0.256 e. The van der Waals surface area contributed by atoms with Crippen molar-refractivity contribution in [3.8, 4) is 0 Å². The molecule has 0 aliphatic heterocycles. The van der Waals surface area contributed by atoms with Crippen LogP contribution < -0.4 is 5.32 Å². The fourth-order valence-corrected chi connectivity index (χ4v) is 4.40. The lowest BCUT2D eigenvalue weighted by Crippen LogP contribution is -2.30. The largest absolute Gasteiger partial charge is 0.321 e. The quantitative estimate of drug-likeness (QED) is 0.796. The van der Waals surface area contributed by atoms with Crippen molar-refractivity contribution in [2.75, 3.05) is 18.4 Å². The number of nitrogens with one attached hydrogen (secondary N) is 1. The summed E-state index contributed by atoms with van der Waals surface area (Å²) in [6.07, 6.45) is 0. The molecule has 2 rings (SSSR count). The molecule has 2 aromatic rings. The lowest BCUT2D eigenvalue weighted by Gasteiger charge is -2.19. The lowest BCUT2D eigenvalue weighted by atomic mass is 10.1. The van der Waals surface area contributed by atoms with Crippen molar-refractivity contribution >= 4 is 33.2 Å². The Kier molecular flexibility index (Phi) is 6.44. The maximum Gasteiger partial charge on any atom is 0.256 e. The van der Waals surface area contributed by atoms with Gasteiger partial charge in [0.25, 0.3) is 5.91 Å². The van der Waals surface area contributed by atoms with Gasteiger partial charge in [0.1, 0.15) is 0 Å². The monoisotopic (exact) mass is 394 g/mol. The Labute approximate surface area is 160 Å². The molecule has 140 valence electrons. The molecular weight excluding hydrogens is 372 g/mol. The third-order valence-electron chi connectivity index (χ3n) is 4.17. The summed E-state index contributed by atoms with van der Waals surface area (Å²) in [5.41, 5.74) is 2.45. The highest BCUT2D eigenvalue weighted by molar-refractivity contribution is 7.89. The zero-order chi connectivity index (χ0) is 19.5. The van der Waals surface area contributed by atoms with Crippen LogP contribution in [0.3, 0.4) is 0 Å². The number of benzene rings is 2. The van der Waals surface area contributed by atoms with Crippen LogP contribution in [0, 0.1) is 13.8 Å². The maximum atomic E-state index is 12.7. The minimum absolute atomic E-state index is 0.104. The fourth-order valence-electron chi connectivity index (χ4n) is 2.63. The molecule has 0 bridgehead atoms. The highest BCUT2D eigenvalue weighted by atomic mass is 35.5. The SMILES string of the molecule is CCN(CC)S(=O)(=O)c1ccc(C)c(C(=O)Nc2ccc(C)cc2Cl)c1. The standard InChI is InChI=1S/C19H23ClN2O3S/c1-5-22(6-2)26(24,25)15-9-8-14(4)16(12-15)19(23)21-18-10-7-13(3)11-17(18)20/h7-12H,5-6H2,1-4H3,(H,21,23). The van der Waals surface area contributed by atoms with E-state index in [4.69, 9.17) is 11.6 Å². The molecule has 0 saturated heterocycles. The van der Waals surface area contributed by atoms with Crippen LogP contribution in [0.15, 0.2) is 41.3 Å². The molecule has 0 unspecified atom stereocenters. The second kappa shape index (κ2) is 8.20. The second-order valence-electron chi connectivity index (χ2n) is 6.00. The number of carbonyl (C=O) groups is 1. The van der Waals surface area contributed by atoms with E-state index in [2.05, 4.69) is 5.32 Å². The van der Waals surface area contributed by atoms with E-state index in [1.165, 1.54) is 16.4 Å². The van der Waals surface area contributed by atoms with Crippen LogP contribution in [0.5, 0.6) is 0 Å². The number of amides is 1. The Bertz CT molecular complexity index is 922. The van der Waals surface area contributed by atoms with E-state index < -0.39 is 15.9 Å². The minimum atomic E-state index is -3.63. The number of hydrogen-bond acceptors (Lipinski definition) is 3. The first kappa shape index (κ1) is 20.4. The summed E-state index contributed by atoms with van der Waals surface area (Å²) in [4.78, 5) is 12.8. The number of aryl methyl sites for hydroxylation is 2. The number of sulfonamides is 1. The predicted molar refractivity (Wildman–Crippen MR) is 105 cm³/mol. The van der Waals surface area contributed by atoms with Gasteiger partial charge in [-0.1, -0.05) is 37.6 Å². The Morgan fingerprint density at radius 3 is 2.31 bits per heavy atom. The van der Waals surface area contributed by atoms with E-state index in [-0.39, 0.29) is 4.90 Å². The Balaban J connectivity index is 2.39. The Morgan fingerprint density at radius 2 is 1.73 bits per heavy atom. The summed E-state index contributed by atoms with van der Waals surface area (Å²) in [6, 6.07) is 9.91. The molecule has 0 atom stereocenters. The molecule has 0 aromatic heterocycles. The van der Waals surface area contributed by atoms with Gasteiger partial charge >= 0.3 is 0 Å². The summed E-state index contributed by atoms with van der Waals surface area (Å²) >= 11 is 6.17. The van der Waals surface area contributed by atoms with Crippen LogP contribution >= 0.6 is 11.6 Å². The molecule has 0 aliphatic carbocycles. The minimum Gasteiger partial charge on any atom is -0.321 e. The van der Waals surface area contributed by atoms with E-state index in [1.807, 2.05) is 13.0 Å². The third kappa shape index (κ3) is 4.26. The molecule has 0 aliphatic rings. The van der Waals surface area contributed by atoms with Crippen LogP contribution in [0.25, 0.3) is 0 Å². The molecule has 0 saturated carbocycles. The van der Waals surface area contributed by atoms with Gasteiger partial charge in [-0.15, -0.1) is 0 Å². The van der Waals surface area contributed by atoms with Crippen molar-refractivity contribution in [3.63, 3.8) is 0 Å². The van der Waals surface area contributed by atoms with Crippen molar-refractivity contribution in [1.29, 1.82) is 0 Å². The van der Waals surface area contributed by atoms with Crippen molar-refractivity contribution in [2.45, 2.75) is 32.6 Å². The zero-order valence-corrected chi connectivity index (χ0v) is 16.9. The van der Waals surface area contributed by atoms with E-state index >= 15 is 0 Å². The van der Waals surface area contributed by atoms with Crippen LogP contribution in [-0.4, -0.2) is 31.7 Å². The summed E-state index contributed by atoms with van der Waals surface area (Å²) in [6.45, 7) is 7.97. The normalized spacial score (nSPS) is 11.6. The Morgan fingerprint density at radius 1 is 1.08 bits per heavy atom. The lowest BCUT2D eigenvalue weighted by molar-refractivity contribution is 0.102. The van der Waals surface area contributed by atoms with Gasteiger partial charge in [0.15, 0.2) is 0 Å². The van der Waals surface area contributed by atoms with Crippen molar-refractivity contribution < 1.29 is 13.2 Å². The van der Waals surface area contributed by atoms with E-state index in [0.717, 1.165) is 5.56 Å². The van der Waals surface area contributed by atoms with Gasteiger partial charge in [-0.05, 0) is 49.2 Å². The van der Waals surface area contributed by atoms with Crippen molar-refractivity contribution in [3.05, 3.63) is 58.1 Å². The number of hydrogen-bond donors (Lipinski definition) is 1. The molecule has 7 heteroatoms. The predicted octanol–water partition coefficient (Wildman–Crippen LogP) is 4.24. The topological polar surface area (TPSA) is 66.5 Å². The summed E-state index contributed by atoms with van der Waals surface area (Å²) in [5, 5.41) is 3.18. The highest BCUT2D eigenvalue weighted by Crippen LogP contribution is 2.25. The van der Waals surface area contributed by atoms with Gasteiger partial charge in [0.2, 0.25) is 10.0 Å². The molecule has 0 radical (unpaired) electrons. The molecule has 2 aromatic carbocycles. The zero-order valence-electron chi connectivity index (χ0n) is 15.3. The number of rotatable bonds is 6. The first-order chi connectivity index (χ1) is 12.2. The molecule has 1 amide bonds. The van der Waals surface area contributed by atoms with Crippen LogP contribution in [0.4, 0.5) is 5.69 Å². The third-order valence-corrected chi connectivity index (χ3v) is 6.53. The van der Waals surface area contributed by atoms with Gasteiger partial charge in [-0.25, -0.2) is 8.42 Å². The number of carbonyl (C=O) groups excluding carboxylic acids is 1. The number of nitrogens with zero attached hydrogens (tertiary/aromatic N) is 1. The van der Waals surface area contributed by atoms with Crippen molar-refractivity contribution in [2.24, 2.45) is 0 Å². The van der Waals surface area contributed by atoms with Crippen LogP contribution in [0.1, 0.15) is 35.3 Å². The summed E-state index contributed by atoms with van der Waals surface area (Å²) in [7, 11) is -3.63. The Hall–Kier alpha value is -1.89.